The van der Waals surface area contributed by atoms with Crippen LogP contribution in [-0.2, 0) is 17.8 Å². The molecule has 19 heavy (non-hydrogen) atoms. The number of halogens is 3. The lowest BCUT2D eigenvalue weighted by molar-refractivity contribution is -0.132. The molecule has 0 fully saturated rings. The van der Waals surface area contributed by atoms with Gasteiger partial charge < -0.3 is 10.6 Å². The van der Waals surface area contributed by atoms with E-state index in [4.69, 9.17) is 28.9 Å². The lowest BCUT2D eigenvalue weighted by Crippen LogP contribution is -2.38. The zero-order valence-electron chi connectivity index (χ0n) is 10.7. The summed E-state index contributed by atoms with van der Waals surface area (Å²) in [5.41, 5.74) is 7.79. The summed E-state index contributed by atoms with van der Waals surface area (Å²) in [6.07, 6.45) is 1.15. The van der Waals surface area contributed by atoms with Gasteiger partial charge in [0.05, 0.1) is 0 Å². The molecular formula is C13H17Cl3N2O. The predicted molar refractivity (Wildman–Crippen MR) is 81.1 cm³/mol. The van der Waals surface area contributed by atoms with E-state index in [0.29, 0.717) is 29.6 Å². The van der Waals surface area contributed by atoms with E-state index in [9.17, 15) is 4.79 Å². The first-order chi connectivity index (χ1) is 8.47. The first-order valence-electron chi connectivity index (χ1n) is 5.97. The van der Waals surface area contributed by atoms with E-state index in [2.05, 4.69) is 0 Å². The largest absolute Gasteiger partial charge is 0.338 e. The van der Waals surface area contributed by atoms with Crippen molar-refractivity contribution in [2.24, 2.45) is 5.73 Å². The molecule has 3 nitrogen and oxygen atoms in total. The maximum absolute atomic E-state index is 12.0. The number of carbonyl (C=O) groups excluding carboxylic acids is 1. The average molecular weight is 324 g/mol. The van der Waals surface area contributed by atoms with Gasteiger partial charge in [-0.25, -0.2) is 0 Å². The molecule has 1 aliphatic heterocycles. The second kappa shape index (κ2) is 6.80. The fraction of sp³-hybridized carbons (Fsp3) is 0.462. The Morgan fingerprint density at radius 2 is 2.16 bits per heavy atom. The van der Waals surface area contributed by atoms with Gasteiger partial charge in [0.1, 0.15) is 0 Å². The molecule has 0 saturated carbocycles. The van der Waals surface area contributed by atoms with E-state index in [-0.39, 0.29) is 24.4 Å². The van der Waals surface area contributed by atoms with Crippen LogP contribution in [0.5, 0.6) is 0 Å². The molecule has 0 saturated heterocycles. The highest BCUT2D eigenvalue weighted by atomic mass is 35.5. The first kappa shape index (κ1) is 16.6. The summed E-state index contributed by atoms with van der Waals surface area (Å²) in [5.74, 6) is 0.0896. The normalized spacial score (nSPS) is 15.5. The fourth-order valence-corrected chi connectivity index (χ4v) is 2.86. The zero-order valence-corrected chi connectivity index (χ0v) is 13.0. The van der Waals surface area contributed by atoms with Crippen LogP contribution in [0.25, 0.3) is 0 Å². The van der Waals surface area contributed by atoms with E-state index < -0.39 is 0 Å². The fourth-order valence-electron chi connectivity index (χ4n) is 2.23. The number of nitrogens with two attached hydrogens (primary N) is 1. The van der Waals surface area contributed by atoms with Crippen LogP contribution < -0.4 is 5.73 Å². The Labute approximate surface area is 129 Å². The molecule has 0 bridgehead atoms. The predicted octanol–water partition coefficient (Wildman–Crippen LogP) is 3.04. The van der Waals surface area contributed by atoms with Gasteiger partial charge in [-0.3, -0.25) is 4.79 Å². The van der Waals surface area contributed by atoms with Crippen molar-refractivity contribution >= 4 is 41.5 Å². The van der Waals surface area contributed by atoms with Gasteiger partial charge in [0.15, 0.2) is 0 Å². The molecule has 2 rings (SSSR count). The Bertz CT molecular complexity index is 477. The Hall–Kier alpha value is -0.480. The van der Waals surface area contributed by atoms with Crippen molar-refractivity contribution in [1.82, 2.24) is 4.90 Å². The Balaban J connectivity index is 0.00000180. The van der Waals surface area contributed by atoms with Gasteiger partial charge >= 0.3 is 0 Å². The number of hydrogen-bond acceptors (Lipinski definition) is 2. The Morgan fingerprint density at radius 3 is 2.79 bits per heavy atom. The summed E-state index contributed by atoms with van der Waals surface area (Å²) >= 11 is 12.1. The summed E-state index contributed by atoms with van der Waals surface area (Å²) in [7, 11) is 0. The second-order valence-electron chi connectivity index (χ2n) is 4.77. The summed E-state index contributed by atoms with van der Waals surface area (Å²) < 4.78 is 0. The maximum Gasteiger partial charge on any atom is 0.224 e. The molecule has 1 aliphatic rings. The van der Waals surface area contributed by atoms with E-state index in [1.54, 1.807) is 6.07 Å². The minimum atomic E-state index is -0.109. The van der Waals surface area contributed by atoms with Crippen LogP contribution in [0.2, 0.25) is 10.0 Å². The number of amides is 1. The monoisotopic (exact) mass is 322 g/mol. The minimum Gasteiger partial charge on any atom is -0.338 e. The van der Waals surface area contributed by atoms with Crippen molar-refractivity contribution in [2.45, 2.75) is 32.4 Å². The summed E-state index contributed by atoms with van der Waals surface area (Å²) in [5, 5.41) is 1.30. The topological polar surface area (TPSA) is 46.3 Å². The smallest absolute Gasteiger partial charge is 0.224 e. The van der Waals surface area contributed by atoms with Crippen LogP contribution in [-0.4, -0.2) is 23.4 Å². The highest BCUT2D eigenvalue weighted by Crippen LogP contribution is 2.30. The molecular weight excluding hydrogens is 307 g/mol. The Kier molecular flexibility index (Phi) is 5.93. The van der Waals surface area contributed by atoms with Crippen molar-refractivity contribution in [3.05, 3.63) is 33.3 Å². The highest BCUT2D eigenvalue weighted by Gasteiger charge is 2.23. The van der Waals surface area contributed by atoms with Crippen molar-refractivity contribution < 1.29 is 4.79 Å². The van der Waals surface area contributed by atoms with E-state index in [1.807, 2.05) is 17.9 Å². The number of hydrogen-bond donors (Lipinski definition) is 1. The van der Waals surface area contributed by atoms with Crippen LogP contribution in [0, 0.1) is 0 Å². The maximum atomic E-state index is 12.0. The van der Waals surface area contributed by atoms with Gasteiger partial charge in [-0.2, -0.15) is 0 Å². The van der Waals surface area contributed by atoms with Crippen molar-refractivity contribution in [2.75, 3.05) is 6.54 Å². The molecule has 0 spiro atoms. The molecule has 0 aliphatic carbocycles. The third-order valence-electron chi connectivity index (χ3n) is 3.09. The summed E-state index contributed by atoms with van der Waals surface area (Å²) in [6.45, 7) is 3.10. The quantitative estimate of drug-likeness (QED) is 0.909. The van der Waals surface area contributed by atoms with Crippen molar-refractivity contribution in [3.63, 3.8) is 0 Å². The molecule has 1 heterocycles. The van der Waals surface area contributed by atoms with Gasteiger partial charge in [0.25, 0.3) is 0 Å². The summed E-state index contributed by atoms with van der Waals surface area (Å²) in [6, 6.07) is 3.52. The van der Waals surface area contributed by atoms with E-state index in [1.165, 1.54) is 0 Å². The number of benzene rings is 1. The highest BCUT2D eigenvalue weighted by molar-refractivity contribution is 6.35. The molecule has 1 aromatic rings. The van der Waals surface area contributed by atoms with Crippen LogP contribution >= 0.6 is 35.6 Å². The number of nitrogens with zero attached hydrogens (tertiary/aromatic N) is 1. The van der Waals surface area contributed by atoms with Gasteiger partial charge in [-0.05, 0) is 36.6 Å². The third-order valence-corrected chi connectivity index (χ3v) is 3.65. The van der Waals surface area contributed by atoms with Crippen LogP contribution in [0.1, 0.15) is 24.5 Å². The molecule has 1 unspecified atom stereocenters. The molecule has 2 N–H and O–H groups in total. The lowest BCUT2D eigenvalue weighted by atomic mass is 9.99. The van der Waals surface area contributed by atoms with Crippen molar-refractivity contribution in [3.8, 4) is 0 Å². The summed E-state index contributed by atoms with van der Waals surface area (Å²) in [4.78, 5) is 13.8. The average Bonchev–Trinajstić information content (AvgIpc) is 2.26. The third kappa shape index (κ3) is 3.99. The van der Waals surface area contributed by atoms with Gasteiger partial charge in [-0.15, -0.1) is 12.4 Å². The van der Waals surface area contributed by atoms with Crippen molar-refractivity contribution in [1.29, 1.82) is 0 Å². The van der Waals surface area contributed by atoms with Crippen LogP contribution in [0.15, 0.2) is 12.1 Å². The van der Waals surface area contributed by atoms with Crippen LogP contribution in [0.3, 0.4) is 0 Å². The minimum absolute atomic E-state index is 0. The van der Waals surface area contributed by atoms with E-state index in [0.717, 1.165) is 17.5 Å². The molecule has 1 aromatic carbocycles. The van der Waals surface area contributed by atoms with Crippen LogP contribution in [0.4, 0.5) is 0 Å². The number of fused-ring (bicyclic) bond motifs is 1. The molecule has 106 valence electrons. The molecule has 1 amide bonds. The molecule has 6 heteroatoms. The van der Waals surface area contributed by atoms with Gasteiger partial charge in [0.2, 0.25) is 5.91 Å². The number of rotatable bonds is 2. The molecule has 0 aromatic heterocycles. The standard InChI is InChI=1S/C13H16Cl2N2O.ClH/c1-8(16)4-13(18)17-3-2-11-9(7-17)5-10(14)6-12(11)15;/h5-6,8H,2-4,7,16H2,1H3;1H. The molecule has 1 atom stereocenters. The Morgan fingerprint density at radius 1 is 1.47 bits per heavy atom. The number of carbonyl (C=O) groups is 1. The SMILES string of the molecule is CC(N)CC(=O)N1CCc2c(Cl)cc(Cl)cc2C1.Cl. The molecule has 0 radical (unpaired) electrons. The van der Waals surface area contributed by atoms with E-state index >= 15 is 0 Å². The van der Waals surface area contributed by atoms with Gasteiger partial charge in [0, 0.05) is 35.6 Å². The van der Waals surface area contributed by atoms with Gasteiger partial charge in [-0.1, -0.05) is 23.2 Å². The zero-order chi connectivity index (χ0) is 13.3. The second-order valence-corrected chi connectivity index (χ2v) is 5.62. The lowest BCUT2D eigenvalue weighted by Gasteiger charge is -2.30. The first-order valence-corrected chi connectivity index (χ1v) is 6.73.